The number of amides is 1. The molecule has 0 aromatic rings. The molecule has 1 heterocycles. The number of thioether (sulfide) groups is 1. The minimum Gasteiger partial charge on any atom is -0.466 e. The van der Waals surface area contributed by atoms with Crippen LogP contribution >= 0.6 is 11.8 Å². The van der Waals surface area contributed by atoms with Crippen LogP contribution in [-0.4, -0.2) is 30.1 Å². The molecule has 7 nitrogen and oxygen atoms in total. The highest BCUT2D eigenvalue weighted by Gasteiger charge is 2.22. The van der Waals surface area contributed by atoms with Crippen LogP contribution < -0.4 is 11.5 Å². The Balaban J connectivity index is 2.80. The maximum atomic E-state index is 11.2. The van der Waals surface area contributed by atoms with Gasteiger partial charge < -0.3 is 16.2 Å². The van der Waals surface area contributed by atoms with Gasteiger partial charge in [0.2, 0.25) is 0 Å². The molecule has 0 aromatic heterocycles. The molecular weight excluding hydrogens is 220 g/mol. The second-order valence-corrected chi connectivity index (χ2v) is 3.38. The first kappa shape index (κ1) is 11.2. The van der Waals surface area contributed by atoms with Gasteiger partial charge in [0.15, 0.2) is 11.1 Å². The Labute approximate surface area is 89.3 Å². The fourth-order valence-corrected chi connectivity index (χ4v) is 1.49. The number of guanidine groups is 1. The van der Waals surface area contributed by atoms with Gasteiger partial charge in [0.05, 0.1) is 12.0 Å². The van der Waals surface area contributed by atoms with Crippen molar-refractivity contribution in [3.05, 3.63) is 11.0 Å². The molecule has 0 aromatic carbocycles. The van der Waals surface area contributed by atoms with Crippen molar-refractivity contribution in [2.24, 2.45) is 21.5 Å². The first-order valence-electron chi connectivity index (χ1n) is 3.73. The van der Waals surface area contributed by atoms with Gasteiger partial charge in [0, 0.05) is 6.08 Å². The summed E-state index contributed by atoms with van der Waals surface area (Å²) in [7, 11) is 1.21. The summed E-state index contributed by atoms with van der Waals surface area (Å²) in [5.74, 6) is -1.40. The van der Waals surface area contributed by atoms with Gasteiger partial charge in [-0.1, -0.05) is 0 Å². The highest BCUT2D eigenvalue weighted by Crippen LogP contribution is 2.26. The average molecular weight is 228 g/mol. The van der Waals surface area contributed by atoms with E-state index in [9.17, 15) is 9.59 Å². The largest absolute Gasteiger partial charge is 0.466 e. The van der Waals surface area contributed by atoms with Gasteiger partial charge in [0.1, 0.15) is 0 Å². The monoisotopic (exact) mass is 228 g/mol. The number of nitrogens with zero attached hydrogens (tertiary/aromatic N) is 2. The zero-order valence-electron chi connectivity index (χ0n) is 7.76. The molecular formula is C7H8N4O3S. The first-order valence-corrected chi connectivity index (χ1v) is 4.54. The van der Waals surface area contributed by atoms with Crippen molar-refractivity contribution in [1.82, 2.24) is 0 Å². The number of carbonyl (C=O) groups excluding carboxylic acids is 2. The van der Waals surface area contributed by atoms with Crippen molar-refractivity contribution in [3.8, 4) is 0 Å². The number of rotatable bonds is 1. The van der Waals surface area contributed by atoms with Crippen molar-refractivity contribution < 1.29 is 14.3 Å². The van der Waals surface area contributed by atoms with E-state index in [0.717, 1.165) is 17.8 Å². The van der Waals surface area contributed by atoms with Crippen LogP contribution in [0, 0.1) is 0 Å². The number of ether oxygens (including phenoxy) is 1. The molecule has 0 atom stereocenters. The smallest absolute Gasteiger partial charge is 0.331 e. The summed E-state index contributed by atoms with van der Waals surface area (Å²) in [6, 6.07) is 0. The maximum Gasteiger partial charge on any atom is 0.331 e. The van der Waals surface area contributed by atoms with Crippen LogP contribution in [0.25, 0.3) is 0 Å². The Kier molecular flexibility index (Phi) is 3.45. The zero-order chi connectivity index (χ0) is 11.4. The van der Waals surface area contributed by atoms with Crippen LogP contribution in [0.4, 0.5) is 0 Å². The quantitative estimate of drug-likeness (QED) is 0.255. The van der Waals surface area contributed by atoms with Gasteiger partial charge >= 0.3 is 5.97 Å². The van der Waals surface area contributed by atoms with Gasteiger partial charge in [-0.25, -0.2) is 4.79 Å². The number of esters is 1. The number of methoxy groups -OCH3 is 1. The van der Waals surface area contributed by atoms with Crippen molar-refractivity contribution >= 4 is 34.8 Å². The molecule has 0 saturated heterocycles. The minimum atomic E-state index is -0.632. The lowest BCUT2D eigenvalue weighted by atomic mass is 10.5. The molecule has 0 fully saturated rings. The average Bonchev–Trinajstić information content (AvgIpc) is 2.45. The summed E-state index contributed by atoms with van der Waals surface area (Å²) >= 11 is 0.904. The van der Waals surface area contributed by atoms with Crippen molar-refractivity contribution in [1.29, 1.82) is 0 Å². The van der Waals surface area contributed by atoms with E-state index in [0.29, 0.717) is 0 Å². The Hall–Kier alpha value is -1.83. The van der Waals surface area contributed by atoms with Crippen LogP contribution in [0.5, 0.6) is 0 Å². The molecule has 0 radical (unpaired) electrons. The second-order valence-electron chi connectivity index (χ2n) is 2.37. The predicted molar refractivity (Wildman–Crippen MR) is 55.9 cm³/mol. The molecule has 80 valence electrons. The van der Waals surface area contributed by atoms with Crippen LogP contribution in [0.3, 0.4) is 0 Å². The Morgan fingerprint density at radius 1 is 1.60 bits per heavy atom. The minimum absolute atomic E-state index is 0.107. The second kappa shape index (κ2) is 4.60. The summed E-state index contributed by atoms with van der Waals surface area (Å²) in [5.41, 5.74) is 10.2. The highest BCUT2D eigenvalue weighted by molar-refractivity contribution is 8.18. The molecule has 0 aliphatic carbocycles. The van der Waals surface area contributed by atoms with Gasteiger partial charge in [-0.2, -0.15) is 9.98 Å². The molecule has 0 saturated carbocycles. The van der Waals surface area contributed by atoms with E-state index >= 15 is 0 Å². The van der Waals surface area contributed by atoms with Crippen molar-refractivity contribution in [2.45, 2.75) is 0 Å². The Morgan fingerprint density at radius 3 is 2.80 bits per heavy atom. The van der Waals surface area contributed by atoms with Gasteiger partial charge in [-0.05, 0) is 11.8 Å². The van der Waals surface area contributed by atoms with Crippen molar-refractivity contribution in [2.75, 3.05) is 7.11 Å². The third-order valence-corrected chi connectivity index (χ3v) is 2.16. The van der Waals surface area contributed by atoms with Gasteiger partial charge in [-0.15, -0.1) is 0 Å². The van der Waals surface area contributed by atoms with Gasteiger partial charge in [0.25, 0.3) is 5.91 Å². The summed E-state index contributed by atoms with van der Waals surface area (Å²) < 4.78 is 4.36. The maximum absolute atomic E-state index is 11.2. The van der Waals surface area contributed by atoms with E-state index in [4.69, 9.17) is 11.5 Å². The molecule has 1 aliphatic heterocycles. The normalized spacial score (nSPS) is 17.5. The highest BCUT2D eigenvalue weighted by atomic mass is 32.2. The molecule has 1 rings (SSSR count). The van der Waals surface area contributed by atoms with E-state index in [1.807, 2.05) is 0 Å². The molecule has 8 heteroatoms. The molecule has 1 amide bonds. The van der Waals surface area contributed by atoms with Crippen LogP contribution in [-0.2, 0) is 14.3 Å². The predicted octanol–water partition coefficient (Wildman–Crippen LogP) is -1.05. The van der Waals surface area contributed by atoms with E-state index in [1.165, 1.54) is 7.11 Å². The lowest BCUT2D eigenvalue weighted by molar-refractivity contribution is -0.135. The van der Waals surface area contributed by atoms with E-state index in [-0.39, 0.29) is 16.0 Å². The molecule has 4 N–H and O–H groups in total. The molecule has 15 heavy (non-hydrogen) atoms. The number of hydrogen-bond donors (Lipinski definition) is 2. The zero-order valence-corrected chi connectivity index (χ0v) is 8.58. The summed E-state index contributed by atoms with van der Waals surface area (Å²) in [6.07, 6.45) is 1.03. The molecule has 1 aliphatic rings. The fourth-order valence-electron chi connectivity index (χ4n) is 0.722. The lowest BCUT2D eigenvalue weighted by Crippen LogP contribution is -2.23. The molecule has 0 bridgehead atoms. The first-order chi connectivity index (χ1) is 7.02. The third-order valence-electron chi connectivity index (χ3n) is 1.28. The summed E-state index contributed by atoms with van der Waals surface area (Å²) in [6.45, 7) is 0. The number of amidine groups is 1. The van der Waals surface area contributed by atoms with Crippen molar-refractivity contribution in [3.63, 3.8) is 0 Å². The van der Waals surface area contributed by atoms with E-state index in [2.05, 4.69) is 14.7 Å². The summed E-state index contributed by atoms with van der Waals surface area (Å²) in [5, 5.41) is 0.107. The standard InChI is InChI=1S/C7H8N4O3S/c1-14-4(12)2-3-5(13)10-7(15-3)11-6(8)9/h2H,1H3,(H4,8,9,10,11,13)/b3-2+. The third kappa shape index (κ3) is 3.09. The Morgan fingerprint density at radius 2 is 2.27 bits per heavy atom. The number of aliphatic imine (C=N–C) groups is 2. The fraction of sp³-hybridized carbons (Fsp3) is 0.143. The molecule has 0 spiro atoms. The topological polar surface area (TPSA) is 120 Å². The Bertz CT molecular complexity index is 395. The van der Waals surface area contributed by atoms with E-state index < -0.39 is 11.9 Å². The van der Waals surface area contributed by atoms with Crippen LogP contribution in [0.15, 0.2) is 21.0 Å². The summed E-state index contributed by atoms with van der Waals surface area (Å²) in [4.78, 5) is 29.2. The van der Waals surface area contributed by atoms with Crippen LogP contribution in [0.1, 0.15) is 0 Å². The molecule has 0 unspecified atom stereocenters. The SMILES string of the molecule is COC(=O)/C=C1/SC(N=C(N)N)=NC1=O. The number of nitrogens with two attached hydrogens (primary N) is 2. The number of hydrogen-bond acceptors (Lipinski definition) is 5. The van der Waals surface area contributed by atoms with Gasteiger partial charge in [-0.3, -0.25) is 4.79 Å². The number of carbonyl (C=O) groups is 2. The lowest BCUT2D eigenvalue weighted by Gasteiger charge is -1.92. The van der Waals surface area contributed by atoms with Crippen LogP contribution in [0.2, 0.25) is 0 Å². The van der Waals surface area contributed by atoms with E-state index in [1.54, 1.807) is 0 Å².